The van der Waals surface area contributed by atoms with E-state index < -0.39 is 0 Å². The van der Waals surface area contributed by atoms with E-state index in [-0.39, 0.29) is 5.91 Å². The molecule has 5 heteroatoms. The molecular weight excluding hydrogens is 264 g/mol. The van der Waals surface area contributed by atoms with Crippen LogP contribution in [0.2, 0.25) is 0 Å². The van der Waals surface area contributed by atoms with Gasteiger partial charge in [0.1, 0.15) is 0 Å². The van der Waals surface area contributed by atoms with Gasteiger partial charge in [-0.05, 0) is 43.5 Å². The highest BCUT2D eigenvalue weighted by Gasteiger charge is 2.34. The van der Waals surface area contributed by atoms with Crippen molar-refractivity contribution < 1.29 is 4.79 Å². The molecule has 21 heavy (non-hydrogen) atoms. The zero-order chi connectivity index (χ0) is 14.2. The molecule has 2 N–H and O–H groups in total. The molecule has 3 saturated heterocycles. The van der Waals surface area contributed by atoms with Gasteiger partial charge in [0.2, 0.25) is 5.91 Å². The third-order valence-corrected chi connectivity index (χ3v) is 4.93. The summed E-state index contributed by atoms with van der Waals surface area (Å²) in [6, 6.07) is 6.30. The third-order valence-electron chi connectivity index (χ3n) is 4.93. The molecule has 5 rings (SSSR count). The fourth-order valence-electron chi connectivity index (χ4n) is 3.74. The molecular formula is C16H20N4O. The van der Waals surface area contributed by atoms with Crippen LogP contribution in [-0.4, -0.2) is 46.7 Å². The summed E-state index contributed by atoms with van der Waals surface area (Å²) in [6.07, 6.45) is 4.68. The minimum absolute atomic E-state index is 0.127. The molecule has 2 bridgehead atoms. The van der Waals surface area contributed by atoms with Gasteiger partial charge in [0.15, 0.2) is 0 Å². The van der Waals surface area contributed by atoms with Gasteiger partial charge in [-0.2, -0.15) is 5.10 Å². The first-order valence-electron chi connectivity index (χ1n) is 7.72. The molecule has 0 radical (unpaired) electrons. The predicted octanol–water partition coefficient (Wildman–Crippen LogP) is 1.32. The van der Waals surface area contributed by atoms with E-state index in [0.717, 1.165) is 23.0 Å². The van der Waals surface area contributed by atoms with Crippen LogP contribution in [0.1, 0.15) is 18.4 Å². The van der Waals surface area contributed by atoms with E-state index in [4.69, 9.17) is 0 Å². The van der Waals surface area contributed by atoms with Gasteiger partial charge >= 0.3 is 0 Å². The number of hydrogen-bond donors (Lipinski definition) is 2. The van der Waals surface area contributed by atoms with Gasteiger partial charge < -0.3 is 10.2 Å². The largest absolute Gasteiger partial charge is 0.352 e. The molecule has 5 nitrogen and oxygen atoms in total. The summed E-state index contributed by atoms with van der Waals surface area (Å²) >= 11 is 0. The van der Waals surface area contributed by atoms with E-state index in [2.05, 4.69) is 20.4 Å². The van der Waals surface area contributed by atoms with Crippen LogP contribution in [0.25, 0.3) is 10.9 Å². The summed E-state index contributed by atoms with van der Waals surface area (Å²) in [7, 11) is 0. The Kier molecular flexibility index (Phi) is 3.15. The van der Waals surface area contributed by atoms with Gasteiger partial charge in [-0.1, -0.05) is 12.1 Å². The van der Waals surface area contributed by atoms with Crippen LogP contribution >= 0.6 is 0 Å². The van der Waals surface area contributed by atoms with Crippen molar-refractivity contribution >= 4 is 16.8 Å². The fraction of sp³-hybridized carbons (Fsp3) is 0.500. The average molecular weight is 284 g/mol. The Morgan fingerprint density at radius 3 is 3.00 bits per heavy atom. The first kappa shape index (κ1) is 12.8. The van der Waals surface area contributed by atoms with Crippen molar-refractivity contribution in [1.29, 1.82) is 0 Å². The number of carbonyl (C=O) groups is 1. The van der Waals surface area contributed by atoms with Crippen molar-refractivity contribution in [2.24, 2.45) is 5.92 Å². The lowest BCUT2D eigenvalue weighted by Crippen LogP contribution is -2.57. The lowest BCUT2D eigenvalue weighted by atomic mass is 9.84. The Morgan fingerprint density at radius 2 is 2.24 bits per heavy atom. The number of rotatable bonds is 3. The van der Waals surface area contributed by atoms with E-state index in [1.165, 1.54) is 25.9 Å². The summed E-state index contributed by atoms with van der Waals surface area (Å²) < 4.78 is 0. The Balaban J connectivity index is 1.45. The monoisotopic (exact) mass is 284 g/mol. The smallest absolute Gasteiger partial charge is 0.224 e. The highest BCUT2D eigenvalue weighted by atomic mass is 16.1. The maximum Gasteiger partial charge on any atom is 0.224 e. The molecule has 0 unspecified atom stereocenters. The van der Waals surface area contributed by atoms with Gasteiger partial charge in [0.25, 0.3) is 0 Å². The number of benzene rings is 1. The van der Waals surface area contributed by atoms with Crippen LogP contribution in [0.3, 0.4) is 0 Å². The Morgan fingerprint density at radius 1 is 1.38 bits per heavy atom. The molecule has 3 aliphatic heterocycles. The lowest BCUT2D eigenvalue weighted by molar-refractivity contribution is -0.122. The van der Waals surface area contributed by atoms with Crippen LogP contribution in [-0.2, 0) is 11.2 Å². The number of carbonyl (C=O) groups excluding carboxylic acids is 1. The molecule has 3 fully saturated rings. The number of nitrogens with one attached hydrogen (secondary N) is 2. The fourth-order valence-corrected chi connectivity index (χ4v) is 3.74. The molecule has 4 heterocycles. The number of nitrogens with zero attached hydrogens (tertiary/aromatic N) is 2. The highest BCUT2D eigenvalue weighted by Crippen LogP contribution is 2.27. The molecule has 1 amide bonds. The molecule has 110 valence electrons. The predicted molar refractivity (Wildman–Crippen MR) is 80.9 cm³/mol. The second kappa shape index (κ2) is 5.15. The number of fused-ring (bicyclic) bond motifs is 4. The molecule has 0 aliphatic carbocycles. The van der Waals surface area contributed by atoms with Gasteiger partial charge in [0.05, 0.1) is 18.1 Å². The molecule has 2 aromatic rings. The summed E-state index contributed by atoms with van der Waals surface area (Å²) in [6.45, 7) is 3.42. The second-order valence-electron chi connectivity index (χ2n) is 6.24. The molecule has 0 saturated carbocycles. The molecule has 1 aromatic heterocycles. The second-order valence-corrected chi connectivity index (χ2v) is 6.24. The van der Waals surface area contributed by atoms with E-state index >= 15 is 0 Å². The highest BCUT2D eigenvalue weighted by molar-refractivity contribution is 5.88. The maximum absolute atomic E-state index is 12.4. The van der Waals surface area contributed by atoms with Crippen LogP contribution in [0.4, 0.5) is 0 Å². The van der Waals surface area contributed by atoms with Crippen LogP contribution in [0, 0.1) is 5.92 Å². The van der Waals surface area contributed by atoms with E-state index in [1.54, 1.807) is 6.20 Å². The number of hydrogen-bond acceptors (Lipinski definition) is 3. The van der Waals surface area contributed by atoms with Gasteiger partial charge in [-0.25, -0.2) is 0 Å². The van der Waals surface area contributed by atoms with Crippen LogP contribution in [0.15, 0.2) is 24.4 Å². The minimum Gasteiger partial charge on any atom is -0.352 e. The minimum atomic E-state index is 0.127. The zero-order valence-electron chi connectivity index (χ0n) is 12.0. The molecule has 3 aliphatic rings. The molecule has 0 spiro atoms. The Hall–Kier alpha value is -1.88. The lowest BCUT2D eigenvalue weighted by Gasteiger charge is -2.44. The summed E-state index contributed by atoms with van der Waals surface area (Å²) in [4.78, 5) is 14.8. The quantitative estimate of drug-likeness (QED) is 0.893. The SMILES string of the molecule is O=C(Cc1cccc2[nH]ncc12)N[C@@H]1CN2CCC1CC2. The Bertz CT molecular complexity index is 657. The van der Waals surface area contributed by atoms with E-state index in [9.17, 15) is 4.79 Å². The molecule has 1 atom stereocenters. The summed E-state index contributed by atoms with van der Waals surface area (Å²) in [5, 5.41) is 11.3. The zero-order valence-corrected chi connectivity index (χ0v) is 12.0. The molecule has 1 aromatic carbocycles. The first-order chi connectivity index (χ1) is 10.3. The van der Waals surface area contributed by atoms with Gasteiger partial charge in [0, 0.05) is 18.0 Å². The number of piperidine rings is 3. The normalized spacial score (nSPS) is 27.9. The van der Waals surface area contributed by atoms with Crippen molar-refractivity contribution in [2.75, 3.05) is 19.6 Å². The number of amides is 1. The average Bonchev–Trinajstić information content (AvgIpc) is 2.98. The van der Waals surface area contributed by atoms with Gasteiger partial charge in [-0.3, -0.25) is 9.89 Å². The van der Waals surface area contributed by atoms with Crippen molar-refractivity contribution in [2.45, 2.75) is 25.3 Å². The van der Waals surface area contributed by atoms with Crippen molar-refractivity contribution in [3.8, 4) is 0 Å². The third kappa shape index (κ3) is 2.42. The summed E-state index contributed by atoms with van der Waals surface area (Å²) in [5.74, 6) is 0.797. The van der Waals surface area contributed by atoms with Crippen molar-refractivity contribution in [1.82, 2.24) is 20.4 Å². The van der Waals surface area contributed by atoms with E-state index in [0.29, 0.717) is 18.4 Å². The van der Waals surface area contributed by atoms with Crippen LogP contribution < -0.4 is 5.32 Å². The topological polar surface area (TPSA) is 61.0 Å². The van der Waals surface area contributed by atoms with Crippen molar-refractivity contribution in [3.63, 3.8) is 0 Å². The van der Waals surface area contributed by atoms with E-state index in [1.807, 2.05) is 18.2 Å². The number of H-pyrrole nitrogens is 1. The maximum atomic E-state index is 12.4. The standard InChI is InChI=1S/C16H20N4O/c21-16(18-15-10-20-6-4-11(15)5-7-20)8-12-2-1-3-14-13(12)9-17-19-14/h1-3,9,11,15H,4-8,10H2,(H,17,19)(H,18,21)/t15-/m1/s1. The van der Waals surface area contributed by atoms with Crippen molar-refractivity contribution in [3.05, 3.63) is 30.0 Å². The van der Waals surface area contributed by atoms with Crippen LogP contribution in [0.5, 0.6) is 0 Å². The number of aromatic amines is 1. The summed E-state index contributed by atoms with van der Waals surface area (Å²) in [5.41, 5.74) is 2.03. The van der Waals surface area contributed by atoms with Gasteiger partial charge in [-0.15, -0.1) is 0 Å². The number of aromatic nitrogens is 2. The first-order valence-corrected chi connectivity index (χ1v) is 7.72. The Labute approximate surface area is 123 Å².